The summed E-state index contributed by atoms with van der Waals surface area (Å²) in [6.45, 7) is 3.00. The fraction of sp³-hybridized carbons (Fsp3) is 0.233. The second-order valence-electron chi connectivity index (χ2n) is 8.64. The minimum atomic E-state index is -0.0809. The van der Waals surface area contributed by atoms with Crippen molar-refractivity contribution in [3.63, 3.8) is 0 Å². The topological polar surface area (TPSA) is 77.7 Å². The third kappa shape index (κ3) is 7.07. The Hall–Kier alpha value is -4.39. The predicted molar refractivity (Wildman–Crippen MR) is 143 cm³/mol. The van der Waals surface area contributed by atoms with Crippen LogP contribution in [0.2, 0.25) is 0 Å². The number of hydrogen-bond donors (Lipinski definition) is 0. The van der Waals surface area contributed by atoms with Gasteiger partial charge in [0.1, 0.15) is 0 Å². The van der Waals surface area contributed by atoms with Crippen LogP contribution in [0.4, 0.5) is 0 Å². The van der Waals surface area contributed by atoms with E-state index in [9.17, 15) is 4.79 Å². The van der Waals surface area contributed by atoms with Gasteiger partial charge in [-0.1, -0.05) is 71.4 Å². The molecule has 0 saturated carbocycles. The van der Waals surface area contributed by atoms with Crippen molar-refractivity contribution in [2.24, 2.45) is 0 Å². The maximum absolute atomic E-state index is 13.2. The lowest BCUT2D eigenvalue weighted by Gasteiger charge is -2.21. The molecule has 0 N–H and O–H groups in total. The molecule has 4 aromatic rings. The van der Waals surface area contributed by atoms with E-state index in [1.807, 2.05) is 85.8 Å². The fourth-order valence-electron chi connectivity index (χ4n) is 3.88. The molecule has 0 fully saturated rings. The van der Waals surface area contributed by atoms with Crippen LogP contribution in [0.25, 0.3) is 17.5 Å². The summed E-state index contributed by atoms with van der Waals surface area (Å²) in [6.07, 6.45) is 4.54. The lowest BCUT2D eigenvalue weighted by molar-refractivity contribution is -0.126. The highest BCUT2D eigenvalue weighted by Crippen LogP contribution is 2.27. The normalized spacial score (nSPS) is 11.0. The number of aryl methyl sites for hydroxylation is 1. The van der Waals surface area contributed by atoms with E-state index in [0.717, 1.165) is 16.7 Å². The molecule has 0 aliphatic heterocycles. The summed E-state index contributed by atoms with van der Waals surface area (Å²) in [5.41, 5.74) is 4.07. The highest BCUT2D eigenvalue weighted by molar-refractivity contribution is 5.91. The SMILES string of the molecule is COc1ccc(CCN(CCc2nc(-c3ccc(C)cc3)no2)C(=O)C=Cc2ccccc2)cc1OC. The molecule has 0 aliphatic carbocycles. The summed E-state index contributed by atoms with van der Waals surface area (Å²) in [5.74, 6) is 2.29. The van der Waals surface area contributed by atoms with E-state index in [0.29, 0.717) is 49.1 Å². The van der Waals surface area contributed by atoms with Crippen LogP contribution in [0, 0.1) is 6.92 Å². The summed E-state index contributed by atoms with van der Waals surface area (Å²) >= 11 is 0. The molecule has 7 nitrogen and oxygen atoms in total. The molecule has 1 amide bonds. The van der Waals surface area contributed by atoms with Crippen molar-refractivity contribution in [1.82, 2.24) is 15.0 Å². The van der Waals surface area contributed by atoms with Gasteiger partial charge in [0.15, 0.2) is 11.5 Å². The number of hydrogen-bond acceptors (Lipinski definition) is 6. The Morgan fingerprint density at radius 3 is 2.38 bits per heavy atom. The second-order valence-corrected chi connectivity index (χ2v) is 8.64. The number of ether oxygens (including phenoxy) is 2. The highest BCUT2D eigenvalue weighted by Gasteiger charge is 2.15. The number of nitrogens with zero attached hydrogens (tertiary/aromatic N) is 3. The molecule has 0 aliphatic rings. The monoisotopic (exact) mass is 497 g/mol. The molecule has 3 aromatic carbocycles. The average molecular weight is 498 g/mol. The van der Waals surface area contributed by atoms with Crippen molar-refractivity contribution in [2.75, 3.05) is 27.3 Å². The summed E-state index contributed by atoms with van der Waals surface area (Å²) in [5, 5.41) is 4.11. The van der Waals surface area contributed by atoms with Crippen molar-refractivity contribution in [3.8, 4) is 22.9 Å². The maximum atomic E-state index is 13.2. The molecule has 1 heterocycles. The van der Waals surface area contributed by atoms with Gasteiger partial charge in [-0.15, -0.1) is 0 Å². The fourth-order valence-corrected chi connectivity index (χ4v) is 3.88. The van der Waals surface area contributed by atoms with E-state index in [2.05, 4.69) is 10.1 Å². The Morgan fingerprint density at radius 1 is 0.919 bits per heavy atom. The van der Waals surface area contributed by atoms with Gasteiger partial charge >= 0.3 is 0 Å². The molecule has 37 heavy (non-hydrogen) atoms. The third-order valence-electron chi connectivity index (χ3n) is 6.02. The van der Waals surface area contributed by atoms with Crippen molar-refractivity contribution < 1.29 is 18.8 Å². The number of amides is 1. The Morgan fingerprint density at radius 2 is 1.65 bits per heavy atom. The number of methoxy groups -OCH3 is 2. The van der Waals surface area contributed by atoms with E-state index in [1.165, 1.54) is 5.56 Å². The molecule has 7 heteroatoms. The molecule has 0 radical (unpaired) electrons. The minimum Gasteiger partial charge on any atom is -0.493 e. The first kappa shape index (κ1) is 25.7. The van der Waals surface area contributed by atoms with Gasteiger partial charge < -0.3 is 18.9 Å². The molecule has 0 unspecified atom stereocenters. The van der Waals surface area contributed by atoms with Gasteiger partial charge in [-0.25, -0.2) is 0 Å². The van der Waals surface area contributed by atoms with Gasteiger partial charge in [-0.2, -0.15) is 4.98 Å². The Bertz CT molecular complexity index is 1330. The lowest BCUT2D eigenvalue weighted by Crippen LogP contribution is -2.33. The van der Waals surface area contributed by atoms with Gasteiger partial charge in [0, 0.05) is 31.1 Å². The molecular formula is C30H31N3O4. The maximum Gasteiger partial charge on any atom is 0.246 e. The van der Waals surface area contributed by atoms with E-state index in [-0.39, 0.29) is 5.91 Å². The quantitative estimate of drug-likeness (QED) is 0.259. The number of benzene rings is 3. The Balaban J connectivity index is 1.46. The first-order valence-electron chi connectivity index (χ1n) is 12.2. The van der Waals surface area contributed by atoms with Crippen LogP contribution in [0.1, 0.15) is 22.6 Å². The van der Waals surface area contributed by atoms with Crippen LogP contribution in [0.15, 0.2) is 83.4 Å². The van der Waals surface area contributed by atoms with Crippen molar-refractivity contribution in [1.29, 1.82) is 0 Å². The third-order valence-corrected chi connectivity index (χ3v) is 6.02. The van der Waals surface area contributed by atoms with Crippen LogP contribution in [-0.2, 0) is 17.6 Å². The Labute approximate surface area is 217 Å². The molecule has 0 atom stereocenters. The summed E-state index contributed by atoms with van der Waals surface area (Å²) in [6, 6.07) is 23.5. The van der Waals surface area contributed by atoms with Crippen LogP contribution >= 0.6 is 0 Å². The van der Waals surface area contributed by atoms with E-state index >= 15 is 0 Å². The molecule has 0 saturated heterocycles. The Kier molecular flexibility index (Phi) is 8.70. The van der Waals surface area contributed by atoms with Gasteiger partial charge in [0.05, 0.1) is 14.2 Å². The zero-order valence-electron chi connectivity index (χ0n) is 21.4. The number of carbonyl (C=O) groups excluding carboxylic acids is 1. The zero-order chi connectivity index (χ0) is 26.0. The predicted octanol–water partition coefficient (Wildman–Crippen LogP) is 5.39. The van der Waals surface area contributed by atoms with Crippen molar-refractivity contribution in [2.45, 2.75) is 19.8 Å². The van der Waals surface area contributed by atoms with Gasteiger partial charge in [0.2, 0.25) is 17.6 Å². The van der Waals surface area contributed by atoms with Gasteiger partial charge in [-0.05, 0) is 42.7 Å². The first-order chi connectivity index (χ1) is 18.1. The van der Waals surface area contributed by atoms with Crippen LogP contribution in [0.5, 0.6) is 11.5 Å². The summed E-state index contributed by atoms with van der Waals surface area (Å²) in [7, 11) is 3.22. The van der Waals surface area contributed by atoms with E-state index in [4.69, 9.17) is 14.0 Å². The van der Waals surface area contributed by atoms with Crippen LogP contribution in [0.3, 0.4) is 0 Å². The molecule has 0 spiro atoms. The smallest absolute Gasteiger partial charge is 0.246 e. The first-order valence-corrected chi connectivity index (χ1v) is 12.2. The minimum absolute atomic E-state index is 0.0809. The van der Waals surface area contributed by atoms with E-state index < -0.39 is 0 Å². The number of aromatic nitrogens is 2. The van der Waals surface area contributed by atoms with Gasteiger partial charge in [-0.3, -0.25) is 4.79 Å². The molecule has 0 bridgehead atoms. The second kappa shape index (κ2) is 12.5. The largest absolute Gasteiger partial charge is 0.493 e. The highest BCUT2D eigenvalue weighted by atomic mass is 16.5. The molecule has 1 aromatic heterocycles. The van der Waals surface area contributed by atoms with Crippen LogP contribution < -0.4 is 9.47 Å². The van der Waals surface area contributed by atoms with Crippen LogP contribution in [-0.4, -0.2) is 48.3 Å². The van der Waals surface area contributed by atoms with Crippen molar-refractivity contribution in [3.05, 3.63) is 101 Å². The standard InChI is InChI=1S/C30H31N3O4/c1-22-9-13-25(14-10-22)30-31-28(37-32-30)18-20-33(29(34)16-12-23-7-5-4-6-8-23)19-17-24-11-15-26(35-2)27(21-24)36-3/h4-16,21H,17-20H2,1-3H3. The van der Waals surface area contributed by atoms with E-state index in [1.54, 1.807) is 25.2 Å². The zero-order valence-corrected chi connectivity index (χ0v) is 21.4. The summed E-state index contributed by atoms with van der Waals surface area (Å²) in [4.78, 5) is 19.5. The molecule has 4 rings (SSSR count). The van der Waals surface area contributed by atoms with Crippen molar-refractivity contribution >= 4 is 12.0 Å². The number of carbonyl (C=O) groups is 1. The molecule has 190 valence electrons. The molecular weight excluding hydrogens is 466 g/mol. The summed E-state index contributed by atoms with van der Waals surface area (Å²) < 4.78 is 16.2. The lowest BCUT2D eigenvalue weighted by atomic mass is 10.1. The number of rotatable bonds is 11. The average Bonchev–Trinajstić information content (AvgIpc) is 3.41. The van der Waals surface area contributed by atoms with Gasteiger partial charge in [0.25, 0.3) is 0 Å².